The second kappa shape index (κ2) is 15.7. The first kappa shape index (κ1) is 29.9. The van der Waals surface area contributed by atoms with Gasteiger partial charge in [-0.2, -0.15) is 0 Å². The maximum Gasteiger partial charge on any atom is 0.323 e. The highest BCUT2D eigenvalue weighted by Gasteiger charge is 2.16. The maximum absolute atomic E-state index is 12.1. The van der Waals surface area contributed by atoms with E-state index in [2.05, 4.69) is 0 Å². The monoisotopic (exact) mass is 542 g/mol. The molecule has 0 amide bonds. The first-order valence-corrected chi connectivity index (χ1v) is 12.8. The van der Waals surface area contributed by atoms with E-state index in [0.717, 1.165) is 28.0 Å². The van der Waals surface area contributed by atoms with E-state index in [0.29, 0.717) is 13.0 Å². The van der Waals surface area contributed by atoms with E-state index in [1.54, 1.807) is 12.1 Å². The Kier molecular flexibility index (Phi) is 11.7. The summed E-state index contributed by atoms with van der Waals surface area (Å²) in [4.78, 5) is 22.5. The van der Waals surface area contributed by atoms with Crippen LogP contribution < -0.4 is 16.2 Å². The molecule has 4 rings (SSSR count). The number of nitrogens with two attached hydrogens (primary N) is 2. The minimum absolute atomic E-state index is 0.160. The van der Waals surface area contributed by atoms with E-state index < -0.39 is 24.0 Å². The van der Waals surface area contributed by atoms with E-state index in [-0.39, 0.29) is 18.8 Å². The van der Waals surface area contributed by atoms with Gasteiger partial charge in [-0.05, 0) is 59.4 Å². The number of carboxylic acid groups (broad SMARTS) is 1. The van der Waals surface area contributed by atoms with Crippen LogP contribution in [-0.2, 0) is 40.4 Å². The second-order valence-corrected chi connectivity index (χ2v) is 9.14. The summed E-state index contributed by atoms with van der Waals surface area (Å²) in [5.74, 6) is -0.480. The molecule has 0 radical (unpaired) electrons. The number of carboxylic acids is 1. The molecule has 0 heterocycles. The van der Waals surface area contributed by atoms with Crippen molar-refractivity contribution in [2.45, 2.75) is 38.1 Å². The van der Waals surface area contributed by atoms with Gasteiger partial charge in [0.05, 0.1) is 0 Å². The molecule has 0 aliphatic carbocycles. The lowest BCUT2D eigenvalue weighted by atomic mass is 10.1. The molecule has 0 fully saturated rings. The molecule has 0 saturated heterocycles. The Morgan fingerprint density at radius 3 is 1.62 bits per heavy atom. The van der Waals surface area contributed by atoms with E-state index >= 15 is 0 Å². The van der Waals surface area contributed by atoms with Crippen molar-refractivity contribution in [3.8, 4) is 11.5 Å². The third-order valence-corrected chi connectivity index (χ3v) is 5.86. The van der Waals surface area contributed by atoms with Crippen LogP contribution in [0.4, 0.5) is 0 Å². The molecule has 0 spiro atoms. The number of rotatable bonds is 11. The van der Waals surface area contributed by atoms with Crippen LogP contribution in [0.3, 0.4) is 0 Å². The Morgan fingerprint density at radius 2 is 1.10 bits per heavy atom. The van der Waals surface area contributed by atoms with Gasteiger partial charge >= 0.3 is 11.9 Å². The van der Waals surface area contributed by atoms with Crippen LogP contribution in [0.1, 0.15) is 22.3 Å². The van der Waals surface area contributed by atoms with Gasteiger partial charge in [0.1, 0.15) is 36.8 Å². The molecule has 0 aliphatic heterocycles. The summed E-state index contributed by atoms with van der Waals surface area (Å²) in [5.41, 5.74) is 15.1. The van der Waals surface area contributed by atoms with Crippen molar-refractivity contribution in [3.63, 3.8) is 0 Å². The minimum atomic E-state index is -1.02. The Balaban J connectivity index is 0.000000285. The number of carbonyl (C=O) groups excluding carboxylic acids is 1. The summed E-state index contributed by atoms with van der Waals surface area (Å²) >= 11 is 0. The van der Waals surface area contributed by atoms with Crippen molar-refractivity contribution in [1.82, 2.24) is 0 Å². The molecule has 0 saturated carbocycles. The predicted molar refractivity (Wildman–Crippen MR) is 153 cm³/mol. The minimum Gasteiger partial charge on any atom is -0.508 e. The molecule has 8 nitrogen and oxygen atoms in total. The molecule has 4 aromatic carbocycles. The van der Waals surface area contributed by atoms with E-state index in [4.69, 9.17) is 31.2 Å². The molecule has 6 N–H and O–H groups in total. The predicted octanol–water partition coefficient (Wildman–Crippen LogP) is 4.23. The molecule has 40 heavy (non-hydrogen) atoms. The van der Waals surface area contributed by atoms with Crippen LogP contribution in [0.15, 0.2) is 109 Å². The number of hydrogen-bond donors (Lipinski definition) is 4. The molecule has 0 bridgehead atoms. The number of phenolic OH excluding ortho intramolecular Hbond substituents is 1. The van der Waals surface area contributed by atoms with Gasteiger partial charge in [0, 0.05) is 0 Å². The van der Waals surface area contributed by atoms with Crippen molar-refractivity contribution >= 4 is 11.9 Å². The fourth-order valence-electron chi connectivity index (χ4n) is 3.61. The van der Waals surface area contributed by atoms with Crippen LogP contribution in [0.25, 0.3) is 0 Å². The van der Waals surface area contributed by atoms with Gasteiger partial charge in [0.25, 0.3) is 0 Å². The molecule has 0 aliphatic rings. The number of ether oxygens (including phenoxy) is 2. The van der Waals surface area contributed by atoms with Gasteiger partial charge in [-0.25, -0.2) is 0 Å². The lowest BCUT2D eigenvalue weighted by molar-refractivity contribution is -0.146. The summed E-state index contributed by atoms with van der Waals surface area (Å²) in [6.45, 7) is 0.755. The van der Waals surface area contributed by atoms with Crippen molar-refractivity contribution in [3.05, 3.63) is 131 Å². The Bertz CT molecular complexity index is 1310. The molecule has 0 unspecified atom stereocenters. The zero-order valence-electron chi connectivity index (χ0n) is 22.1. The average Bonchev–Trinajstić information content (AvgIpc) is 2.98. The van der Waals surface area contributed by atoms with Gasteiger partial charge in [0.2, 0.25) is 0 Å². The molecule has 208 valence electrons. The summed E-state index contributed by atoms with van der Waals surface area (Å²) < 4.78 is 11.0. The fraction of sp³-hybridized carbons (Fsp3) is 0.188. The summed E-state index contributed by atoms with van der Waals surface area (Å²) in [7, 11) is 0. The number of phenols is 1. The molecule has 2 atom stereocenters. The molecule has 8 heteroatoms. The number of benzene rings is 4. The van der Waals surface area contributed by atoms with Crippen LogP contribution in [0.2, 0.25) is 0 Å². The highest BCUT2D eigenvalue weighted by atomic mass is 16.5. The molecule has 4 aromatic rings. The van der Waals surface area contributed by atoms with Gasteiger partial charge < -0.3 is 31.2 Å². The normalized spacial score (nSPS) is 11.8. The van der Waals surface area contributed by atoms with Crippen LogP contribution >= 0.6 is 0 Å². The average molecular weight is 543 g/mol. The van der Waals surface area contributed by atoms with Crippen LogP contribution in [-0.4, -0.2) is 34.2 Å². The van der Waals surface area contributed by atoms with E-state index in [1.807, 2.05) is 84.9 Å². The smallest absolute Gasteiger partial charge is 0.323 e. The number of aromatic hydroxyl groups is 1. The summed E-state index contributed by atoms with van der Waals surface area (Å²) in [5, 5.41) is 17.5. The topological polar surface area (TPSA) is 145 Å². The van der Waals surface area contributed by atoms with Crippen molar-refractivity contribution in [1.29, 1.82) is 0 Å². The first-order chi connectivity index (χ1) is 19.3. The maximum atomic E-state index is 12.1. The highest BCUT2D eigenvalue weighted by molar-refractivity contribution is 5.76. The molecular formula is C32H34N2O6. The molecule has 0 aromatic heterocycles. The number of esters is 1. The van der Waals surface area contributed by atoms with E-state index in [1.165, 1.54) is 12.1 Å². The van der Waals surface area contributed by atoms with Crippen LogP contribution in [0.5, 0.6) is 11.5 Å². The summed E-state index contributed by atoms with van der Waals surface area (Å²) in [6.07, 6.45) is 0.697. The standard InChI is InChI=1S/C23H23NO3.C9H11NO3/c24-22(23(25)27-17-20-9-5-2-6-10-20)15-18-11-13-21(14-12-18)26-16-19-7-3-1-4-8-19;10-8(9(12)13)5-6-1-3-7(11)4-2-6/h1-14,22H,15-17,24H2;1-4,8,11H,5,10H2,(H,12,13)/t22-;8-/m11/s1. The highest BCUT2D eigenvalue weighted by Crippen LogP contribution is 2.16. The Morgan fingerprint density at radius 1 is 0.625 bits per heavy atom. The van der Waals surface area contributed by atoms with Gasteiger partial charge in [-0.15, -0.1) is 0 Å². The Hall–Kier alpha value is -4.66. The zero-order valence-corrected chi connectivity index (χ0v) is 22.1. The SMILES string of the molecule is N[C@H](Cc1ccc(O)cc1)C(=O)O.N[C@H](Cc1ccc(OCc2ccccc2)cc1)C(=O)OCc1ccccc1. The van der Waals surface area contributed by atoms with Crippen molar-refractivity contribution in [2.24, 2.45) is 11.5 Å². The quantitative estimate of drug-likeness (QED) is 0.206. The Labute approximate surface area is 233 Å². The van der Waals surface area contributed by atoms with Crippen LogP contribution in [0, 0.1) is 0 Å². The van der Waals surface area contributed by atoms with Crippen molar-refractivity contribution in [2.75, 3.05) is 0 Å². The third-order valence-electron chi connectivity index (χ3n) is 5.86. The number of carbonyl (C=O) groups is 2. The lowest BCUT2D eigenvalue weighted by Crippen LogP contribution is -2.34. The van der Waals surface area contributed by atoms with E-state index in [9.17, 15) is 9.59 Å². The van der Waals surface area contributed by atoms with Gasteiger partial charge in [-0.3, -0.25) is 9.59 Å². The first-order valence-electron chi connectivity index (χ1n) is 12.8. The summed E-state index contributed by atoms with van der Waals surface area (Å²) in [6, 6.07) is 31.9. The zero-order chi connectivity index (χ0) is 28.7. The van der Waals surface area contributed by atoms with Gasteiger partial charge in [0.15, 0.2) is 0 Å². The lowest BCUT2D eigenvalue weighted by Gasteiger charge is -2.12. The fourth-order valence-corrected chi connectivity index (χ4v) is 3.61. The number of aliphatic carboxylic acids is 1. The van der Waals surface area contributed by atoms with Gasteiger partial charge in [-0.1, -0.05) is 84.9 Å². The third kappa shape index (κ3) is 10.6. The van der Waals surface area contributed by atoms with Crippen molar-refractivity contribution < 1.29 is 29.3 Å². The number of hydrogen-bond acceptors (Lipinski definition) is 7. The molecular weight excluding hydrogens is 508 g/mol. The second-order valence-electron chi connectivity index (χ2n) is 9.14. The largest absolute Gasteiger partial charge is 0.508 e.